The third kappa shape index (κ3) is 1.99. The highest BCUT2D eigenvalue weighted by Gasteiger charge is 2.50. The average molecular weight is 251 g/mol. The predicted octanol–water partition coefficient (Wildman–Crippen LogP) is -1.10. The molecule has 18 heavy (non-hydrogen) atoms. The number of nitrogens with zero attached hydrogens (tertiary/aromatic N) is 3. The maximum absolute atomic E-state index is 11.8. The van der Waals surface area contributed by atoms with E-state index in [1.807, 2.05) is 0 Å². The first-order valence-electron chi connectivity index (χ1n) is 6.26. The largest absolute Gasteiger partial charge is 0.376 e. The van der Waals surface area contributed by atoms with Gasteiger partial charge in [0.25, 0.3) is 0 Å². The molecule has 1 aromatic rings. The Labute approximate surface area is 105 Å². The number of hydrogen-bond acceptors (Lipinski definition) is 5. The summed E-state index contributed by atoms with van der Waals surface area (Å²) in [6.07, 6.45) is 5.45. The van der Waals surface area contributed by atoms with Crippen LogP contribution in [0.3, 0.4) is 0 Å². The zero-order chi connectivity index (χ0) is 12.5. The van der Waals surface area contributed by atoms with Crippen molar-refractivity contribution in [3.63, 3.8) is 0 Å². The maximum Gasteiger partial charge on any atom is 0.242 e. The van der Waals surface area contributed by atoms with E-state index in [1.54, 1.807) is 12.4 Å². The smallest absolute Gasteiger partial charge is 0.242 e. The molecular formula is C11H17N5O2. The Morgan fingerprint density at radius 2 is 2.50 bits per heavy atom. The van der Waals surface area contributed by atoms with Crippen molar-refractivity contribution in [1.82, 2.24) is 20.3 Å². The third-order valence-electron chi connectivity index (χ3n) is 3.78. The molecule has 1 saturated carbocycles. The van der Waals surface area contributed by atoms with Gasteiger partial charge in [0, 0.05) is 24.8 Å². The molecule has 1 aromatic heterocycles. The number of amides is 1. The monoisotopic (exact) mass is 251 g/mol. The maximum atomic E-state index is 11.8. The van der Waals surface area contributed by atoms with Gasteiger partial charge in [-0.15, -0.1) is 5.10 Å². The van der Waals surface area contributed by atoms with Crippen LogP contribution in [0.15, 0.2) is 12.4 Å². The van der Waals surface area contributed by atoms with Gasteiger partial charge in [0.2, 0.25) is 5.91 Å². The first-order valence-corrected chi connectivity index (χ1v) is 6.26. The minimum atomic E-state index is -0.103. The number of ether oxygens (including phenoxy) is 1. The Bertz CT molecular complexity index is 421. The van der Waals surface area contributed by atoms with Gasteiger partial charge in [-0.1, -0.05) is 5.21 Å². The van der Waals surface area contributed by atoms with E-state index < -0.39 is 0 Å². The molecule has 0 spiro atoms. The molecule has 2 fully saturated rings. The molecule has 0 aromatic carbocycles. The molecule has 3 N–H and O–H groups in total. The fraction of sp³-hybridized carbons (Fsp3) is 0.727. The van der Waals surface area contributed by atoms with Crippen molar-refractivity contribution in [2.75, 3.05) is 6.61 Å². The standard InChI is InChI=1S/C11H17N5O2/c12-9-7-2-1-5-18-11(7)10(9)14-8(17)6-16-4-3-13-15-16/h3-4,7,9-11H,1-2,5-6,12H2,(H,14,17). The second-order valence-corrected chi connectivity index (χ2v) is 4.91. The molecule has 2 heterocycles. The van der Waals surface area contributed by atoms with Gasteiger partial charge in [0.05, 0.1) is 18.3 Å². The van der Waals surface area contributed by atoms with E-state index in [0.29, 0.717) is 5.92 Å². The van der Waals surface area contributed by atoms with Gasteiger partial charge < -0.3 is 15.8 Å². The van der Waals surface area contributed by atoms with Gasteiger partial charge in [0.15, 0.2) is 0 Å². The van der Waals surface area contributed by atoms with Crippen molar-refractivity contribution in [3.05, 3.63) is 12.4 Å². The van der Waals surface area contributed by atoms with Crippen molar-refractivity contribution >= 4 is 5.91 Å². The van der Waals surface area contributed by atoms with Crippen LogP contribution in [0.5, 0.6) is 0 Å². The van der Waals surface area contributed by atoms with Gasteiger partial charge in [-0.3, -0.25) is 4.79 Å². The van der Waals surface area contributed by atoms with Gasteiger partial charge in [-0.05, 0) is 12.8 Å². The molecule has 98 valence electrons. The van der Waals surface area contributed by atoms with Crippen molar-refractivity contribution in [2.45, 2.75) is 37.6 Å². The van der Waals surface area contributed by atoms with Gasteiger partial charge in [-0.25, -0.2) is 4.68 Å². The minimum absolute atomic E-state index is 0.00926. The summed E-state index contributed by atoms with van der Waals surface area (Å²) in [5.41, 5.74) is 6.07. The Hall–Kier alpha value is -1.47. The Balaban J connectivity index is 1.55. The third-order valence-corrected chi connectivity index (χ3v) is 3.78. The lowest BCUT2D eigenvalue weighted by atomic mass is 9.68. The van der Waals surface area contributed by atoms with Crippen molar-refractivity contribution in [2.24, 2.45) is 11.7 Å². The number of carbonyl (C=O) groups is 1. The van der Waals surface area contributed by atoms with E-state index >= 15 is 0 Å². The topological polar surface area (TPSA) is 95.1 Å². The Morgan fingerprint density at radius 1 is 1.61 bits per heavy atom. The fourth-order valence-corrected chi connectivity index (χ4v) is 2.82. The summed E-state index contributed by atoms with van der Waals surface area (Å²) in [5.74, 6) is 0.295. The second-order valence-electron chi connectivity index (χ2n) is 4.91. The molecule has 4 atom stereocenters. The molecule has 1 amide bonds. The van der Waals surface area contributed by atoms with Crippen LogP contribution in [0, 0.1) is 5.92 Å². The molecule has 0 bridgehead atoms. The molecule has 7 heteroatoms. The summed E-state index contributed by atoms with van der Waals surface area (Å²) < 4.78 is 7.15. The lowest BCUT2D eigenvalue weighted by Crippen LogP contribution is -2.72. The normalized spacial score (nSPS) is 34.5. The summed E-state index contributed by atoms with van der Waals surface area (Å²) in [4.78, 5) is 11.8. The molecule has 7 nitrogen and oxygen atoms in total. The lowest BCUT2D eigenvalue weighted by Gasteiger charge is -2.52. The van der Waals surface area contributed by atoms with Gasteiger partial charge in [0.1, 0.15) is 6.54 Å². The summed E-state index contributed by atoms with van der Waals surface area (Å²) in [6.45, 7) is 0.934. The van der Waals surface area contributed by atoms with Gasteiger partial charge >= 0.3 is 0 Å². The highest BCUT2D eigenvalue weighted by molar-refractivity contribution is 5.76. The van der Waals surface area contributed by atoms with Crippen LogP contribution in [0.25, 0.3) is 0 Å². The van der Waals surface area contributed by atoms with Crippen molar-refractivity contribution < 1.29 is 9.53 Å². The minimum Gasteiger partial charge on any atom is -0.376 e. The summed E-state index contributed by atoms with van der Waals surface area (Å²) in [6, 6.07) is -0.0543. The van der Waals surface area contributed by atoms with Crippen LogP contribution < -0.4 is 11.1 Å². The molecule has 1 saturated heterocycles. The van der Waals surface area contributed by atoms with Crippen molar-refractivity contribution in [1.29, 1.82) is 0 Å². The fourth-order valence-electron chi connectivity index (χ4n) is 2.82. The van der Waals surface area contributed by atoms with E-state index in [4.69, 9.17) is 10.5 Å². The first kappa shape index (κ1) is 11.6. The number of rotatable bonds is 3. The van der Waals surface area contributed by atoms with Crippen LogP contribution in [-0.4, -0.2) is 45.7 Å². The molecule has 0 radical (unpaired) electrons. The van der Waals surface area contributed by atoms with Crippen LogP contribution in [0.1, 0.15) is 12.8 Å². The van der Waals surface area contributed by atoms with E-state index in [0.717, 1.165) is 19.4 Å². The Morgan fingerprint density at radius 3 is 3.28 bits per heavy atom. The molecule has 1 aliphatic carbocycles. The Kier molecular flexibility index (Phi) is 3.00. The van der Waals surface area contributed by atoms with E-state index in [1.165, 1.54) is 4.68 Å². The molecule has 4 unspecified atom stereocenters. The van der Waals surface area contributed by atoms with E-state index in [-0.39, 0.29) is 30.6 Å². The number of nitrogens with one attached hydrogen (secondary N) is 1. The van der Waals surface area contributed by atoms with Crippen LogP contribution >= 0.6 is 0 Å². The van der Waals surface area contributed by atoms with Crippen molar-refractivity contribution in [3.8, 4) is 0 Å². The summed E-state index contributed by atoms with van der Waals surface area (Å²) in [5, 5.41) is 10.3. The second kappa shape index (κ2) is 4.66. The number of fused-ring (bicyclic) bond motifs is 1. The summed E-state index contributed by atoms with van der Waals surface area (Å²) in [7, 11) is 0. The predicted molar refractivity (Wildman–Crippen MR) is 62.4 cm³/mol. The SMILES string of the molecule is NC1C2CCCOC2C1NC(=O)Cn1ccnn1. The molecule has 2 aliphatic rings. The highest BCUT2D eigenvalue weighted by atomic mass is 16.5. The quantitative estimate of drug-likeness (QED) is 0.711. The zero-order valence-corrected chi connectivity index (χ0v) is 10.0. The molecule has 3 rings (SSSR count). The van der Waals surface area contributed by atoms with Crippen LogP contribution in [0.2, 0.25) is 0 Å². The number of hydrogen-bond donors (Lipinski definition) is 2. The average Bonchev–Trinajstić information content (AvgIpc) is 2.88. The van der Waals surface area contributed by atoms with E-state index in [9.17, 15) is 4.79 Å². The van der Waals surface area contributed by atoms with E-state index in [2.05, 4.69) is 15.6 Å². The lowest BCUT2D eigenvalue weighted by molar-refractivity contribution is -0.139. The van der Waals surface area contributed by atoms with Gasteiger partial charge in [-0.2, -0.15) is 0 Å². The number of nitrogens with two attached hydrogens (primary N) is 1. The number of carbonyl (C=O) groups excluding carboxylic acids is 1. The first-order chi connectivity index (χ1) is 8.75. The number of aromatic nitrogens is 3. The summed E-state index contributed by atoms with van der Waals surface area (Å²) >= 11 is 0. The van der Waals surface area contributed by atoms with Crippen LogP contribution in [0.4, 0.5) is 0 Å². The highest BCUT2D eigenvalue weighted by Crippen LogP contribution is 2.36. The zero-order valence-electron chi connectivity index (χ0n) is 10.0. The molecule has 1 aliphatic heterocycles. The van der Waals surface area contributed by atoms with Crippen LogP contribution in [-0.2, 0) is 16.1 Å². The molecular weight excluding hydrogens is 234 g/mol.